The van der Waals surface area contributed by atoms with Crippen LogP contribution in [0.5, 0.6) is 5.75 Å². The summed E-state index contributed by atoms with van der Waals surface area (Å²) < 4.78 is 5.52. The summed E-state index contributed by atoms with van der Waals surface area (Å²) in [5.41, 5.74) is 1.11. The van der Waals surface area contributed by atoms with Gasteiger partial charge in [-0.25, -0.2) is 0 Å². The maximum absolute atomic E-state index is 12.3. The van der Waals surface area contributed by atoms with Crippen LogP contribution in [0.2, 0.25) is 10.0 Å². The number of amides is 2. The zero-order valence-electron chi connectivity index (χ0n) is 15.0. The van der Waals surface area contributed by atoms with Gasteiger partial charge in [0.05, 0.1) is 28.9 Å². The number of rotatable bonds is 7. The van der Waals surface area contributed by atoms with Crippen LogP contribution in [0.25, 0.3) is 6.08 Å². The highest BCUT2D eigenvalue weighted by Crippen LogP contribution is 2.29. The van der Waals surface area contributed by atoms with E-state index in [0.717, 1.165) is 5.56 Å². The Morgan fingerprint density at radius 3 is 2.44 bits per heavy atom. The number of nitrogens with zero attached hydrogens (tertiary/aromatic N) is 1. The third-order valence-corrected chi connectivity index (χ3v) is 4.24. The van der Waals surface area contributed by atoms with Gasteiger partial charge >= 0.3 is 0 Å². The first-order chi connectivity index (χ1) is 12.9. The summed E-state index contributed by atoms with van der Waals surface area (Å²) >= 11 is 12.1. The van der Waals surface area contributed by atoms with E-state index < -0.39 is 5.91 Å². The number of halogens is 2. The molecule has 2 aromatic carbocycles. The van der Waals surface area contributed by atoms with E-state index in [2.05, 4.69) is 5.32 Å². The molecule has 7 heteroatoms. The number of likely N-dealkylation sites (N-methyl/N-ethyl adjacent to an activating group) is 1. The molecular formula is C20H20Cl2N2O3. The van der Waals surface area contributed by atoms with Gasteiger partial charge in [-0.3, -0.25) is 9.59 Å². The summed E-state index contributed by atoms with van der Waals surface area (Å²) in [5.74, 6) is -0.0246. The van der Waals surface area contributed by atoms with Crippen molar-refractivity contribution in [3.8, 4) is 5.75 Å². The molecule has 0 bridgehead atoms. The molecule has 0 heterocycles. The maximum atomic E-state index is 12.3. The molecule has 2 amide bonds. The lowest BCUT2D eigenvalue weighted by Crippen LogP contribution is -2.34. The number of ether oxygens (including phenoxy) is 1. The summed E-state index contributed by atoms with van der Waals surface area (Å²) in [6.07, 6.45) is 3.06. The summed E-state index contributed by atoms with van der Waals surface area (Å²) in [6.45, 7) is 2.28. The number of para-hydroxylation sites is 2. The van der Waals surface area contributed by atoms with Crippen molar-refractivity contribution in [2.45, 2.75) is 6.92 Å². The standard InChI is InChI=1S/C20H20Cl2N2O3/c1-3-27-17-10-5-4-7-14(17)11-12-19(26)24(2)13-18(25)23-20-15(21)8-6-9-16(20)22/h4-12H,3,13H2,1-2H3,(H,23,25)/b12-11+. The number of benzene rings is 2. The molecule has 0 fully saturated rings. The quantitative estimate of drug-likeness (QED) is 0.688. The van der Waals surface area contributed by atoms with Crippen molar-refractivity contribution in [1.82, 2.24) is 4.90 Å². The normalized spacial score (nSPS) is 10.7. The van der Waals surface area contributed by atoms with Crippen molar-refractivity contribution >= 4 is 46.8 Å². The van der Waals surface area contributed by atoms with Crippen molar-refractivity contribution in [1.29, 1.82) is 0 Å². The number of hydrogen-bond acceptors (Lipinski definition) is 3. The molecule has 0 atom stereocenters. The fraction of sp³-hybridized carbons (Fsp3) is 0.200. The van der Waals surface area contributed by atoms with Gasteiger partial charge in [-0.15, -0.1) is 0 Å². The van der Waals surface area contributed by atoms with Crippen LogP contribution < -0.4 is 10.1 Å². The van der Waals surface area contributed by atoms with Gasteiger partial charge in [-0.1, -0.05) is 47.5 Å². The molecule has 0 saturated carbocycles. The first-order valence-corrected chi connectivity index (χ1v) is 9.06. The van der Waals surface area contributed by atoms with E-state index in [9.17, 15) is 9.59 Å². The number of nitrogens with one attached hydrogen (secondary N) is 1. The van der Waals surface area contributed by atoms with Crippen LogP contribution in [-0.2, 0) is 9.59 Å². The zero-order chi connectivity index (χ0) is 19.8. The van der Waals surface area contributed by atoms with Crippen molar-refractivity contribution < 1.29 is 14.3 Å². The Morgan fingerprint density at radius 2 is 1.78 bits per heavy atom. The number of anilines is 1. The Labute approximate surface area is 168 Å². The molecule has 0 aliphatic carbocycles. The lowest BCUT2D eigenvalue weighted by Gasteiger charge is -2.16. The molecule has 0 saturated heterocycles. The Bertz CT molecular complexity index is 833. The van der Waals surface area contributed by atoms with Crippen LogP contribution in [0, 0.1) is 0 Å². The van der Waals surface area contributed by atoms with Crippen LogP contribution >= 0.6 is 23.2 Å². The molecule has 0 spiro atoms. The van der Waals surface area contributed by atoms with Crippen molar-refractivity contribution in [3.05, 3.63) is 64.1 Å². The predicted molar refractivity (Wildman–Crippen MR) is 109 cm³/mol. The Balaban J connectivity index is 1.98. The van der Waals surface area contributed by atoms with E-state index >= 15 is 0 Å². The summed E-state index contributed by atoms with van der Waals surface area (Å²) in [5, 5.41) is 3.28. The van der Waals surface area contributed by atoms with E-state index in [4.69, 9.17) is 27.9 Å². The molecule has 0 radical (unpaired) electrons. The molecule has 5 nitrogen and oxygen atoms in total. The molecule has 1 N–H and O–H groups in total. The largest absolute Gasteiger partial charge is 0.493 e. The minimum absolute atomic E-state index is 0.141. The summed E-state index contributed by atoms with van der Waals surface area (Å²) in [4.78, 5) is 25.7. The lowest BCUT2D eigenvalue weighted by molar-refractivity contribution is -0.129. The minimum atomic E-state index is -0.399. The molecule has 0 aromatic heterocycles. The number of carbonyl (C=O) groups is 2. The van der Waals surface area contributed by atoms with Gasteiger partial charge in [-0.05, 0) is 31.2 Å². The highest BCUT2D eigenvalue weighted by Gasteiger charge is 2.14. The SMILES string of the molecule is CCOc1ccccc1/C=C/C(=O)N(C)CC(=O)Nc1c(Cl)cccc1Cl. The van der Waals surface area contributed by atoms with Gasteiger partial charge in [0.2, 0.25) is 11.8 Å². The van der Waals surface area contributed by atoms with Crippen LogP contribution in [-0.4, -0.2) is 36.9 Å². The van der Waals surface area contributed by atoms with Gasteiger partial charge in [0.25, 0.3) is 0 Å². The molecule has 0 aliphatic heterocycles. The van der Waals surface area contributed by atoms with Gasteiger partial charge in [0.1, 0.15) is 5.75 Å². The van der Waals surface area contributed by atoms with Crippen LogP contribution in [0.1, 0.15) is 12.5 Å². The van der Waals surface area contributed by atoms with Crippen LogP contribution in [0.15, 0.2) is 48.5 Å². The van der Waals surface area contributed by atoms with E-state index in [1.807, 2.05) is 31.2 Å². The minimum Gasteiger partial charge on any atom is -0.493 e. The number of carbonyl (C=O) groups excluding carboxylic acids is 2. The van der Waals surface area contributed by atoms with E-state index in [1.165, 1.54) is 18.0 Å². The van der Waals surface area contributed by atoms with Crippen molar-refractivity contribution in [2.24, 2.45) is 0 Å². The second-order valence-corrected chi connectivity index (χ2v) is 6.46. The lowest BCUT2D eigenvalue weighted by atomic mass is 10.2. The van der Waals surface area contributed by atoms with Crippen LogP contribution in [0.4, 0.5) is 5.69 Å². The first kappa shape index (κ1) is 20.8. The van der Waals surface area contributed by atoms with Gasteiger partial charge in [0.15, 0.2) is 0 Å². The van der Waals surface area contributed by atoms with Crippen LogP contribution in [0.3, 0.4) is 0 Å². The summed E-state index contributed by atoms with van der Waals surface area (Å²) in [7, 11) is 1.54. The topological polar surface area (TPSA) is 58.6 Å². The Hall–Kier alpha value is -2.50. The fourth-order valence-corrected chi connectivity index (χ4v) is 2.77. The third kappa shape index (κ3) is 6.01. The second-order valence-electron chi connectivity index (χ2n) is 5.64. The molecule has 2 rings (SSSR count). The van der Waals surface area contributed by atoms with E-state index in [-0.39, 0.29) is 12.5 Å². The Morgan fingerprint density at radius 1 is 1.11 bits per heavy atom. The van der Waals surface area contributed by atoms with Crippen molar-refractivity contribution in [3.63, 3.8) is 0 Å². The average molecular weight is 407 g/mol. The predicted octanol–water partition coefficient (Wildman–Crippen LogP) is 4.50. The summed E-state index contributed by atoms with van der Waals surface area (Å²) in [6, 6.07) is 12.3. The monoisotopic (exact) mass is 406 g/mol. The molecule has 0 aliphatic rings. The first-order valence-electron chi connectivity index (χ1n) is 8.31. The highest BCUT2D eigenvalue weighted by atomic mass is 35.5. The molecular weight excluding hydrogens is 387 g/mol. The number of hydrogen-bond donors (Lipinski definition) is 1. The highest BCUT2D eigenvalue weighted by molar-refractivity contribution is 6.39. The smallest absolute Gasteiger partial charge is 0.246 e. The fourth-order valence-electron chi connectivity index (χ4n) is 2.28. The van der Waals surface area contributed by atoms with Gasteiger partial charge < -0.3 is 15.0 Å². The van der Waals surface area contributed by atoms with Crippen molar-refractivity contribution in [2.75, 3.05) is 25.5 Å². The van der Waals surface area contributed by atoms with Gasteiger partial charge in [-0.2, -0.15) is 0 Å². The second kappa shape index (κ2) is 10.00. The van der Waals surface area contributed by atoms with E-state index in [1.54, 1.807) is 24.3 Å². The third-order valence-electron chi connectivity index (χ3n) is 3.61. The molecule has 2 aromatic rings. The molecule has 27 heavy (non-hydrogen) atoms. The van der Waals surface area contributed by atoms with E-state index in [0.29, 0.717) is 28.1 Å². The van der Waals surface area contributed by atoms with Gasteiger partial charge in [0, 0.05) is 18.7 Å². The maximum Gasteiger partial charge on any atom is 0.246 e. The average Bonchev–Trinajstić information content (AvgIpc) is 2.64. The Kier molecular flexibility index (Phi) is 7.70. The molecule has 0 unspecified atom stereocenters. The zero-order valence-corrected chi connectivity index (χ0v) is 16.6. The molecule has 142 valence electrons.